The van der Waals surface area contributed by atoms with E-state index in [0.717, 1.165) is 0 Å². The van der Waals surface area contributed by atoms with Gasteiger partial charge in [0, 0.05) is 17.9 Å². The Labute approximate surface area is 127 Å². The fourth-order valence-corrected chi connectivity index (χ4v) is 0. The van der Waals surface area contributed by atoms with E-state index in [4.69, 9.17) is 0 Å². The molecule has 7 heteroatoms. The Bertz CT molecular complexity index is 159. The molecule has 0 bridgehead atoms. The third kappa shape index (κ3) is 67.6. The molecule has 0 spiro atoms. The Balaban J connectivity index is -0.0000000655. The molecular weight excluding hydrogens is 354 g/mol. The molecule has 0 aromatic carbocycles. The van der Waals surface area contributed by atoms with Gasteiger partial charge in [-0.3, -0.25) is 0 Å². The Morgan fingerprint density at radius 2 is 0.750 bits per heavy atom. The molecular formula is C9H15O6Sm. The summed E-state index contributed by atoms with van der Waals surface area (Å²) < 4.78 is 0. The van der Waals surface area contributed by atoms with Gasteiger partial charge in [-0.1, -0.05) is 20.8 Å². The average molecular weight is 370 g/mol. The maximum absolute atomic E-state index is 9.26. The molecule has 6 nitrogen and oxygen atoms in total. The van der Waals surface area contributed by atoms with Crippen molar-refractivity contribution in [3.63, 3.8) is 0 Å². The summed E-state index contributed by atoms with van der Waals surface area (Å²) in [5.74, 6) is -2.99. The van der Waals surface area contributed by atoms with Gasteiger partial charge >= 0.3 is 40.4 Å². The summed E-state index contributed by atoms with van der Waals surface area (Å²) in [5.41, 5.74) is 0. The van der Waals surface area contributed by atoms with Gasteiger partial charge in [-0.15, -0.1) is 0 Å². The first-order valence-corrected chi connectivity index (χ1v) is 4.41. The van der Waals surface area contributed by atoms with E-state index >= 15 is 0 Å². The Morgan fingerprint density at radius 3 is 0.750 bits per heavy atom. The quantitative estimate of drug-likeness (QED) is 0.539. The van der Waals surface area contributed by atoms with Gasteiger partial charge in [-0.2, -0.15) is 0 Å². The van der Waals surface area contributed by atoms with E-state index in [9.17, 15) is 29.7 Å². The molecule has 0 aromatic heterocycles. The van der Waals surface area contributed by atoms with Gasteiger partial charge in [0.2, 0.25) is 0 Å². The number of hydrogen-bond donors (Lipinski definition) is 0. The summed E-state index contributed by atoms with van der Waals surface area (Å²) in [5, 5.41) is 27.8. The third-order valence-corrected chi connectivity index (χ3v) is 0.866. The van der Waals surface area contributed by atoms with Crippen molar-refractivity contribution < 1.29 is 70.1 Å². The van der Waals surface area contributed by atoms with Crippen LogP contribution < -0.4 is 15.3 Å². The first-order chi connectivity index (χ1) is 6.81. The van der Waals surface area contributed by atoms with Crippen LogP contribution in [0.15, 0.2) is 0 Å². The molecule has 0 N–H and O–H groups in total. The molecule has 1 radical (unpaired) electrons. The molecule has 0 aliphatic rings. The second kappa shape index (κ2) is 20.2. The standard InChI is InChI=1S/3C3H6O2.Sm/c3*1-2-3(4)5;/h3*2H2,1H3,(H,4,5);/q;;;+3/p-3. The summed E-state index contributed by atoms with van der Waals surface area (Å²) in [6.07, 6.45) is 0.333. The minimum Gasteiger partial charge on any atom is -0.550 e. The molecule has 16 heavy (non-hydrogen) atoms. The van der Waals surface area contributed by atoms with E-state index in [2.05, 4.69) is 0 Å². The van der Waals surface area contributed by atoms with Crippen molar-refractivity contribution in [2.75, 3.05) is 0 Å². The van der Waals surface area contributed by atoms with Gasteiger partial charge in [0.15, 0.2) is 0 Å². The van der Waals surface area contributed by atoms with Crippen LogP contribution in [0.3, 0.4) is 0 Å². The van der Waals surface area contributed by atoms with Crippen LogP contribution in [0.1, 0.15) is 40.0 Å². The van der Waals surface area contributed by atoms with Crippen LogP contribution >= 0.6 is 0 Å². The predicted octanol–water partition coefficient (Wildman–Crippen LogP) is -2.56. The van der Waals surface area contributed by atoms with Crippen molar-refractivity contribution in [3.05, 3.63) is 0 Å². The van der Waals surface area contributed by atoms with Crippen molar-refractivity contribution >= 4 is 17.9 Å². The number of carbonyl (C=O) groups is 3. The SMILES string of the molecule is CCC(=O)[O-].CCC(=O)[O-].CCC(=O)[O-].[Sm+3]. The van der Waals surface area contributed by atoms with Crippen LogP contribution in [0.5, 0.6) is 0 Å². The smallest absolute Gasteiger partial charge is 0.550 e. The van der Waals surface area contributed by atoms with Crippen LogP contribution in [-0.2, 0) is 14.4 Å². The molecule has 0 atom stereocenters. The molecule has 0 amide bonds. The normalized spacial score (nSPS) is 6.94. The van der Waals surface area contributed by atoms with Crippen LogP contribution in [0.25, 0.3) is 0 Å². The number of rotatable bonds is 3. The first-order valence-electron chi connectivity index (χ1n) is 4.41. The van der Waals surface area contributed by atoms with E-state index in [1.165, 1.54) is 20.8 Å². The van der Waals surface area contributed by atoms with Crippen LogP contribution in [0.2, 0.25) is 0 Å². The van der Waals surface area contributed by atoms with E-state index in [0.29, 0.717) is 0 Å². The van der Waals surface area contributed by atoms with Crippen molar-refractivity contribution in [2.45, 2.75) is 40.0 Å². The van der Waals surface area contributed by atoms with E-state index in [1.54, 1.807) is 0 Å². The molecule has 0 saturated heterocycles. The summed E-state index contributed by atoms with van der Waals surface area (Å²) in [6, 6.07) is 0. The summed E-state index contributed by atoms with van der Waals surface area (Å²) in [7, 11) is 0. The number of carboxylic acids is 3. The summed E-state index contributed by atoms with van der Waals surface area (Å²) >= 11 is 0. The maximum Gasteiger partial charge on any atom is 3.00 e. The Kier molecular flexibility index (Phi) is 31.3. The fourth-order valence-electron chi connectivity index (χ4n) is 0. The molecule has 0 aliphatic heterocycles. The maximum atomic E-state index is 9.26. The number of aliphatic carboxylic acids is 3. The van der Waals surface area contributed by atoms with Crippen LogP contribution in [0.4, 0.5) is 0 Å². The van der Waals surface area contributed by atoms with Crippen molar-refractivity contribution in [3.8, 4) is 0 Å². The minimum absolute atomic E-state index is 0. The topological polar surface area (TPSA) is 120 Å². The van der Waals surface area contributed by atoms with Gasteiger partial charge in [0.05, 0.1) is 0 Å². The van der Waals surface area contributed by atoms with Gasteiger partial charge in [-0.05, 0) is 19.3 Å². The summed E-state index contributed by atoms with van der Waals surface area (Å²) in [4.78, 5) is 27.8. The first kappa shape index (κ1) is 24.8. The molecule has 0 fully saturated rings. The van der Waals surface area contributed by atoms with E-state index in [1.807, 2.05) is 0 Å². The second-order valence-electron chi connectivity index (χ2n) is 2.18. The van der Waals surface area contributed by atoms with Gasteiger partial charge in [-0.25, -0.2) is 0 Å². The predicted molar refractivity (Wildman–Crippen MR) is 45.9 cm³/mol. The van der Waals surface area contributed by atoms with E-state index < -0.39 is 17.9 Å². The zero-order valence-corrected chi connectivity index (χ0v) is 12.1. The van der Waals surface area contributed by atoms with Gasteiger partial charge in [0.1, 0.15) is 0 Å². The van der Waals surface area contributed by atoms with Crippen molar-refractivity contribution in [1.82, 2.24) is 0 Å². The Morgan fingerprint density at radius 1 is 0.688 bits per heavy atom. The van der Waals surface area contributed by atoms with E-state index in [-0.39, 0.29) is 59.7 Å². The minimum atomic E-state index is -0.995. The zero-order valence-electron chi connectivity index (χ0n) is 9.48. The summed E-state index contributed by atoms with van der Waals surface area (Å²) in [6.45, 7) is 4.61. The molecule has 0 rings (SSSR count). The third-order valence-electron chi connectivity index (χ3n) is 0.866. The fraction of sp³-hybridized carbons (Fsp3) is 0.667. The number of hydrogen-bond acceptors (Lipinski definition) is 6. The largest absolute Gasteiger partial charge is 3.00 e. The Hall–Kier alpha value is -0.252. The molecule has 0 unspecified atom stereocenters. The van der Waals surface area contributed by atoms with Gasteiger partial charge < -0.3 is 29.7 Å². The molecule has 93 valence electrons. The zero-order chi connectivity index (χ0) is 12.9. The van der Waals surface area contributed by atoms with Crippen molar-refractivity contribution in [1.29, 1.82) is 0 Å². The van der Waals surface area contributed by atoms with Crippen molar-refractivity contribution in [2.24, 2.45) is 0 Å². The molecule has 0 heterocycles. The number of carboxylic acid groups (broad SMARTS) is 3. The molecule has 0 aromatic rings. The molecule has 0 aliphatic carbocycles. The van der Waals surface area contributed by atoms with Crippen LogP contribution in [0, 0.1) is 40.4 Å². The van der Waals surface area contributed by atoms with Crippen LogP contribution in [-0.4, -0.2) is 17.9 Å². The second-order valence-corrected chi connectivity index (χ2v) is 2.18. The molecule has 0 saturated carbocycles. The van der Waals surface area contributed by atoms with Gasteiger partial charge in [0.25, 0.3) is 0 Å². The monoisotopic (exact) mass is 371 g/mol. The number of carbonyl (C=O) groups excluding carboxylic acids is 3. The average Bonchev–Trinajstić information content (AvgIpc) is 2.19.